The van der Waals surface area contributed by atoms with Crippen molar-refractivity contribution in [3.05, 3.63) is 23.0 Å². The summed E-state index contributed by atoms with van der Waals surface area (Å²) in [6, 6.07) is 1.60. The number of hydrogen-bond acceptors (Lipinski definition) is 5. The molecular weight excluding hydrogens is 232 g/mol. The quantitative estimate of drug-likeness (QED) is 0.812. The van der Waals surface area contributed by atoms with Crippen LogP contribution in [0.25, 0.3) is 0 Å². The van der Waals surface area contributed by atoms with Gasteiger partial charge in [-0.25, -0.2) is 13.6 Å². The van der Waals surface area contributed by atoms with Crippen LogP contribution in [0.1, 0.15) is 35.0 Å². The molecule has 0 fully saturated rings. The predicted molar refractivity (Wildman–Crippen MR) is 54.3 cm³/mol. The molecule has 1 heterocycles. The molecule has 0 aliphatic carbocycles. The fraction of sp³-hybridized carbons (Fsp3) is 0.300. The zero-order valence-corrected chi connectivity index (χ0v) is 8.91. The zero-order chi connectivity index (χ0) is 13.0. The summed E-state index contributed by atoms with van der Waals surface area (Å²) in [4.78, 5) is 14.8. The summed E-state index contributed by atoms with van der Waals surface area (Å²) in [6.07, 6.45) is -2.03. The molecule has 0 saturated heterocycles. The Morgan fingerprint density at radius 2 is 2.35 bits per heavy atom. The number of esters is 1. The van der Waals surface area contributed by atoms with Crippen LogP contribution in [-0.2, 0) is 4.74 Å². The van der Waals surface area contributed by atoms with Gasteiger partial charge in [-0.3, -0.25) is 4.98 Å². The van der Waals surface area contributed by atoms with Crippen molar-refractivity contribution in [1.82, 2.24) is 4.98 Å². The van der Waals surface area contributed by atoms with Crippen LogP contribution in [0, 0.1) is 11.3 Å². The van der Waals surface area contributed by atoms with Crippen LogP contribution in [0.3, 0.4) is 0 Å². The van der Waals surface area contributed by atoms with Crippen LogP contribution in [0.15, 0.2) is 6.20 Å². The van der Waals surface area contributed by atoms with Crippen LogP contribution >= 0.6 is 0 Å². The minimum atomic E-state index is -2.90. The first-order chi connectivity index (χ1) is 8.02. The first kappa shape index (κ1) is 12.8. The van der Waals surface area contributed by atoms with Crippen molar-refractivity contribution in [1.29, 1.82) is 5.26 Å². The smallest absolute Gasteiger partial charge is 0.341 e. The Balaban J connectivity index is 3.32. The number of alkyl halides is 2. The van der Waals surface area contributed by atoms with Crippen LogP contribution in [0.2, 0.25) is 0 Å². The van der Waals surface area contributed by atoms with E-state index in [4.69, 9.17) is 11.0 Å². The van der Waals surface area contributed by atoms with Gasteiger partial charge in [-0.2, -0.15) is 5.26 Å². The summed E-state index contributed by atoms with van der Waals surface area (Å²) in [5.41, 5.74) is 3.60. The molecule has 2 N–H and O–H groups in total. The Labute approximate surface area is 95.8 Å². The van der Waals surface area contributed by atoms with Gasteiger partial charge in [0.15, 0.2) is 0 Å². The number of carbonyl (C=O) groups excluding carboxylic acids is 1. The van der Waals surface area contributed by atoms with E-state index in [-0.39, 0.29) is 17.7 Å². The maximum atomic E-state index is 12.5. The van der Waals surface area contributed by atoms with Gasteiger partial charge in [-0.15, -0.1) is 0 Å². The number of carbonyl (C=O) groups is 1. The predicted octanol–water partition coefficient (Wildman–Crippen LogP) is 1.65. The highest BCUT2D eigenvalue weighted by molar-refractivity contribution is 5.94. The third-order valence-corrected chi connectivity index (χ3v) is 1.96. The number of nitrogen functional groups attached to an aromatic ring is 1. The lowest BCUT2D eigenvalue weighted by molar-refractivity contribution is 0.0525. The van der Waals surface area contributed by atoms with Gasteiger partial charge in [0.05, 0.1) is 23.4 Å². The number of rotatable bonds is 3. The van der Waals surface area contributed by atoms with Crippen LogP contribution in [0.5, 0.6) is 0 Å². The molecule has 0 bridgehead atoms. The molecule has 0 spiro atoms. The van der Waals surface area contributed by atoms with E-state index in [1.54, 1.807) is 13.0 Å². The number of halogens is 2. The lowest BCUT2D eigenvalue weighted by atomic mass is 10.1. The summed E-state index contributed by atoms with van der Waals surface area (Å²) in [7, 11) is 0. The summed E-state index contributed by atoms with van der Waals surface area (Å²) >= 11 is 0. The van der Waals surface area contributed by atoms with Crippen LogP contribution in [0.4, 0.5) is 14.5 Å². The van der Waals surface area contributed by atoms with E-state index < -0.39 is 23.8 Å². The monoisotopic (exact) mass is 241 g/mol. The van der Waals surface area contributed by atoms with E-state index in [1.807, 2.05) is 0 Å². The largest absolute Gasteiger partial charge is 0.462 e. The van der Waals surface area contributed by atoms with Gasteiger partial charge in [0.25, 0.3) is 6.43 Å². The Bertz CT molecular complexity index is 483. The average molecular weight is 241 g/mol. The number of nitrogens with zero attached hydrogens (tertiary/aromatic N) is 2. The maximum Gasteiger partial charge on any atom is 0.341 e. The zero-order valence-electron chi connectivity index (χ0n) is 8.91. The number of anilines is 1. The minimum Gasteiger partial charge on any atom is -0.462 e. The van der Waals surface area contributed by atoms with Crippen LogP contribution in [-0.4, -0.2) is 17.6 Å². The molecule has 0 aliphatic heterocycles. The number of aromatic nitrogens is 1. The standard InChI is InChI=1S/C10H9F2N3O2/c1-2-17-10(16)6-4-15-8(9(11)12)7(14)5(6)3-13/h4,9H,2,14H2,1H3. The Hall–Kier alpha value is -2.23. The summed E-state index contributed by atoms with van der Waals surface area (Å²) < 4.78 is 29.6. The Morgan fingerprint density at radius 1 is 1.71 bits per heavy atom. The molecule has 0 atom stereocenters. The lowest BCUT2D eigenvalue weighted by Crippen LogP contribution is -2.12. The van der Waals surface area contributed by atoms with E-state index in [0.717, 1.165) is 6.20 Å². The maximum absolute atomic E-state index is 12.5. The van der Waals surface area contributed by atoms with Crippen molar-refractivity contribution in [2.45, 2.75) is 13.3 Å². The average Bonchev–Trinajstić information content (AvgIpc) is 2.28. The van der Waals surface area contributed by atoms with Gasteiger partial charge in [-0.05, 0) is 6.92 Å². The van der Waals surface area contributed by atoms with Crippen molar-refractivity contribution in [2.75, 3.05) is 12.3 Å². The van der Waals surface area contributed by atoms with Crippen molar-refractivity contribution in [2.24, 2.45) is 0 Å². The molecule has 0 saturated carbocycles. The Kier molecular flexibility index (Phi) is 3.93. The van der Waals surface area contributed by atoms with Crippen molar-refractivity contribution < 1.29 is 18.3 Å². The van der Waals surface area contributed by atoms with E-state index in [1.165, 1.54) is 0 Å². The van der Waals surface area contributed by atoms with Gasteiger partial charge in [-0.1, -0.05) is 0 Å². The number of hydrogen-bond donors (Lipinski definition) is 1. The molecule has 0 amide bonds. The summed E-state index contributed by atoms with van der Waals surface area (Å²) in [5, 5.41) is 8.81. The molecule has 0 unspecified atom stereocenters. The van der Waals surface area contributed by atoms with Crippen molar-refractivity contribution >= 4 is 11.7 Å². The fourth-order valence-electron chi connectivity index (χ4n) is 1.20. The number of pyridine rings is 1. The summed E-state index contributed by atoms with van der Waals surface area (Å²) in [6.45, 7) is 1.68. The highest BCUT2D eigenvalue weighted by Crippen LogP contribution is 2.27. The lowest BCUT2D eigenvalue weighted by Gasteiger charge is -2.09. The van der Waals surface area contributed by atoms with E-state index >= 15 is 0 Å². The number of ether oxygens (including phenoxy) is 1. The van der Waals surface area contributed by atoms with Crippen molar-refractivity contribution in [3.63, 3.8) is 0 Å². The first-order valence-corrected chi connectivity index (χ1v) is 4.66. The third-order valence-electron chi connectivity index (χ3n) is 1.96. The third kappa shape index (κ3) is 2.47. The molecule has 7 heteroatoms. The van der Waals surface area contributed by atoms with E-state index in [2.05, 4.69) is 9.72 Å². The molecule has 5 nitrogen and oxygen atoms in total. The molecule has 0 radical (unpaired) electrons. The first-order valence-electron chi connectivity index (χ1n) is 4.66. The normalized spacial score (nSPS) is 10.1. The highest BCUT2D eigenvalue weighted by Gasteiger charge is 2.22. The molecule has 17 heavy (non-hydrogen) atoms. The molecule has 1 aromatic heterocycles. The second kappa shape index (κ2) is 5.21. The van der Waals surface area contributed by atoms with E-state index in [0.29, 0.717) is 0 Å². The number of nitriles is 1. The fourth-order valence-corrected chi connectivity index (χ4v) is 1.20. The molecule has 0 aromatic carbocycles. The van der Waals surface area contributed by atoms with E-state index in [9.17, 15) is 13.6 Å². The molecular formula is C10H9F2N3O2. The topological polar surface area (TPSA) is 89.0 Å². The second-order valence-corrected chi connectivity index (χ2v) is 2.98. The van der Waals surface area contributed by atoms with Gasteiger partial charge < -0.3 is 10.5 Å². The second-order valence-electron chi connectivity index (χ2n) is 2.98. The Morgan fingerprint density at radius 3 is 2.82 bits per heavy atom. The molecule has 90 valence electrons. The van der Waals surface area contributed by atoms with Gasteiger partial charge >= 0.3 is 5.97 Å². The van der Waals surface area contributed by atoms with Gasteiger partial charge in [0.1, 0.15) is 11.8 Å². The summed E-state index contributed by atoms with van der Waals surface area (Å²) in [5.74, 6) is -0.816. The van der Waals surface area contributed by atoms with Gasteiger partial charge in [0, 0.05) is 6.20 Å². The van der Waals surface area contributed by atoms with Crippen molar-refractivity contribution in [3.8, 4) is 6.07 Å². The highest BCUT2D eigenvalue weighted by atomic mass is 19.3. The molecule has 0 aliphatic rings. The minimum absolute atomic E-state index is 0.0974. The number of nitrogens with two attached hydrogens (primary N) is 1. The van der Waals surface area contributed by atoms with Gasteiger partial charge in [0.2, 0.25) is 0 Å². The van der Waals surface area contributed by atoms with Crippen LogP contribution < -0.4 is 5.73 Å². The molecule has 1 aromatic rings. The SMILES string of the molecule is CCOC(=O)c1cnc(C(F)F)c(N)c1C#N. The molecule has 1 rings (SSSR count).